The molecule has 1 amide bonds. The topological polar surface area (TPSA) is 77.0 Å². The van der Waals surface area contributed by atoms with Crippen molar-refractivity contribution in [1.29, 1.82) is 0 Å². The van der Waals surface area contributed by atoms with E-state index >= 15 is 0 Å². The second kappa shape index (κ2) is 9.38. The Balaban J connectivity index is 1.50. The Labute approximate surface area is 207 Å². The average Bonchev–Trinajstić information content (AvgIpc) is 3.33. The molecule has 0 spiro atoms. The van der Waals surface area contributed by atoms with Gasteiger partial charge in [-0.05, 0) is 48.0 Å². The number of methoxy groups -OCH3 is 1. The Bertz CT molecular complexity index is 1570. The summed E-state index contributed by atoms with van der Waals surface area (Å²) >= 11 is 1.49. The number of fused-ring (bicyclic) bond motifs is 1. The molecule has 5 aromatic rings. The van der Waals surface area contributed by atoms with E-state index in [9.17, 15) is 18.0 Å². The number of ether oxygens (including phenoxy) is 1. The smallest absolute Gasteiger partial charge is 0.419 e. The number of alkyl halides is 3. The van der Waals surface area contributed by atoms with Gasteiger partial charge in [0.2, 0.25) is 0 Å². The fourth-order valence-corrected chi connectivity index (χ4v) is 4.77. The van der Waals surface area contributed by atoms with Crippen LogP contribution in [0.3, 0.4) is 0 Å². The quantitative estimate of drug-likeness (QED) is 0.287. The number of nitrogens with one attached hydrogen (secondary N) is 1. The van der Waals surface area contributed by atoms with Crippen molar-refractivity contribution in [2.75, 3.05) is 12.4 Å². The van der Waals surface area contributed by atoms with Crippen molar-refractivity contribution < 1.29 is 22.7 Å². The van der Waals surface area contributed by atoms with Crippen LogP contribution in [0.15, 0.2) is 78.7 Å². The number of hydrogen-bond acceptors (Lipinski definition) is 6. The minimum Gasteiger partial charge on any atom is -0.496 e. The van der Waals surface area contributed by atoms with Gasteiger partial charge < -0.3 is 10.1 Å². The molecule has 0 bridgehead atoms. The molecule has 0 saturated heterocycles. The number of hydrogen-bond donors (Lipinski definition) is 1. The molecule has 180 valence electrons. The number of halogens is 3. The number of pyridine rings is 1. The molecule has 0 fully saturated rings. The van der Waals surface area contributed by atoms with Crippen molar-refractivity contribution in [2.24, 2.45) is 0 Å². The maximum Gasteiger partial charge on any atom is 0.419 e. The third-order valence-corrected chi connectivity index (χ3v) is 6.41. The van der Waals surface area contributed by atoms with Crippen LogP contribution in [0, 0.1) is 0 Å². The van der Waals surface area contributed by atoms with Gasteiger partial charge in [0.05, 0.1) is 18.4 Å². The predicted octanol–water partition coefficient (Wildman–Crippen LogP) is 6.70. The van der Waals surface area contributed by atoms with Crippen LogP contribution in [0.4, 0.5) is 18.9 Å². The van der Waals surface area contributed by atoms with Gasteiger partial charge in [-0.3, -0.25) is 9.78 Å². The summed E-state index contributed by atoms with van der Waals surface area (Å²) in [6.45, 7) is 0. The molecule has 36 heavy (non-hydrogen) atoms. The van der Waals surface area contributed by atoms with Gasteiger partial charge in [0.25, 0.3) is 5.91 Å². The summed E-state index contributed by atoms with van der Waals surface area (Å²) in [6, 6.07) is 14.0. The van der Waals surface area contributed by atoms with E-state index in [1.54, 1.807) is 30.6 Å². The summed E-state index contributed by atoms with van der Waals surface area (Å²) in [4.78, 5) is 26.6. The van der Waals surface area contributed by atoms with Gasteiger partial charge in [-0.2, -0.15) is 13.2 Å². The van der Waals surface area contributed by atoms with Crippen LogP contribution in [0.25, 0.3) is 32.6 Å². The average molecular weight is 507 g/mol. The minimum atomic E-state index is -4.66. The molecule has 0 aliphatic rings. The van der Waals surface area contributed by atoms with Gasteiger partial charge in [0.1, 0.15) is 16.9 Å². The first-order valence-corrected chi connectivity index (χ1v) is 11.5. The standard InChI is InChI=1S/C26H17F3N4O2S/c1-35-21-6-5-17(12-20(21)26(27,28)29)24(34)33-18-4-2-3-16(11-18)23-22-19(15-7-9-30-10-8-15)13-36-25(22)32-14-31-23/h2-14H,1H3,(H,33,34). The number of carbonyl (C=O) groups excluding carboxylic acids is 1. The summed E-state index contributed by atoms with van der Waals surface area (Å²) in [5, 5.41) is 5.55. The molecule has 10 heteroatoms. The zero-order valence-corrected chi connectivity index (χ0v) is 19.5. The molecule has 0 radical (unpaired) electrons. The van der Waals surface area contributed by atoms with Crippen molar-refractivity contribution >= 4 is 33.1 Å². The summed E-state index contributed by atoms with van der Waals surface area (Å²) < 4.78 is 44.9. The highest BCUT2D eigenvalue weighted by Gasteiger charge is 2.35. The van der Waals surface area contributed by atoms with Crippen molar-refractivity contribution in [2.45, 2.75) is 6.18 Å². The molecule has 0 aliphatic heterocycles. The van der Waals surface area contributed by atoms with Crippen LogP contribution in [-0.2, 0) is 6.18 Å². The van der Waals surface area contributed by atoms with Gasteiger partial charge in [0, 0.05) is 45.5 Å². The molecule has 1 N–H and O–H groups in total. The first-order valence-electron chi connectivity index (χ1n) is 10.6. The van der Waals surface area contributed by atoms with Crippen molar-refractivity contribution in [3.63, 3.8) is 0 Å². The fraction of sp³-hybridized carbons (Fsp3) is 0.0769. The maximum absolute atomic E-state index is 13.4. The fourth-order valence-electron chi connectivity index (χ4n) is 3.86. The molecule has 6 nitrogen and oxygen atoms in total. The molecule has 0 atom stereocenters. The van der Waals surface area contributed by atoms with Crippen LogP contribution < -0.4 is 10.1 Å². The lowest BCUT2D eigenvalue weighted by molar-refractivity contribution is -0.138. The second-order valence-electron chi connectivity index (χ2n) is 7.74. The molecule has 3 heterocycles. The molecule has 2 aromatic carbocycles. The summed E-state index contributed by atoms with van der Waals surface area (Å²) in [6.07, 6.45) is 0.239. The minimum absolute atomic E-state index is 0.143. The van der Waals surface area contributed by atoms with Crippen LogP contribution in [-0.4, -0.2) is 28.0 Å². The Hall–Kier alpha value is -4.31. The molecular formula is C26H17F3N4O2S. The number of amides is 1. The zero-order chi connectivity index (χ0) is 25.3. The van der Waals surface area contributed by atoms with Gasteiger partial charge in [-0.25, -0.2) is 9.97 Å². The van der Waals surface area contributed by atoms with E-state index in [-0.39, 0.29) is 11.3 Å². The Morgan fingerprint density at radius 2 is 1.81 bits per heavy atom. The molecule has 0 saturated carbocycles. The van der Waals surface area contributed by atoms with Crippen molar-refractivity contribution in [1.82, 2.24) is 15.0 Å². The Morgan fingerprint density at radius 3 is 2.56 bits per heavy atom. The third kappa shape index (κ3) is 4.50. The molecule has 3 aromatic heterocycles. The lowest BCUT2D eigenvalue weighted by atomic mass is 10.0. The van der Waals surface area contributed by atoms with Crippen LogP contribution in [0.2, 0.25) is 0 Å². The molecule has 5 rings (SSSR count). The van der Waals surface area contributed by atoms with E-state index in [0.717, 1.165) is 46.1 Å². The van der Waals surface area contributed by atoms with Crippen molar-refractivity contribution in [3.8, 4) is 28.1 Å². The SMILES string of the molecule is COc1ccc(C(=O)Nc2cccc(-c3ncnc4scc(-c5ccncc5)c34)c2)cc1C(F)(F)F. The second-order valence-corrected chi connectivity index (χ2v) is 8.59. The normalized spacial score (nSPS) is 11.4. The molecule has 0 unspecified atom stereocenters. The van der Waals surface area contributed by atoms with Crippen LogP contribution in [0.1, 0.15) is 15.9 Å². The number of nitrogens with zero attached hydrogens (tertiary/aromatic N) is 3. The largest absolute Gasteiger partial charge is 0.496 e. The first kappa shape index (κ1) is 23.4. The Morgan fingerprint density at radius 1 is 1.00 bits per heavy atom. The van der Waals surface area contributed by atoms with Gasteiger partial charge in [-0.15, -0.1) is 11.3 Å². The zero-order valence-electron chi connectivity index (χ0n) is 18.7. The predicted molar refractivity (Wildman–Crippen MR) is 132 cm³/mol. The van der Waals surface area contributed by atoms with Gasteiger partial charge in [0.15, 0.2) is 0 Å². The monoisotopic (exact) mass is 506 g/mol. The van der Waals surface area contributed by atoms with Gasteiger partial charge in [-0.1, -0.05) is 12.1 Å². The van der Waals surface area contributed by atoms with Crippen LogP contribution >= 0.6 is 11.3 Å². The van der Waals surface area contributed by atoms with E-state index < -0.39 is 17.6 Å². The van der Waals surface area contributed by atoms with E-state index in [1.165, 1.54) is 23.7 Å². The number of anilines is 1. The summed E-state index contributed by atoms with van der Waals surface area (Å²) in [5.74, 6) is -1.03. The van der Waals surface area contributed by atoms with E-state index in [0.29, 0.717) is 11.4 Å². The molecule has 0 aliphatic carbocycles. The third-order valence-electron chi connectivity index (χ3n) is 5.52. The first-order chi connectivity index (χ1) is 17.3. The van der Waals surface area contributed by atoms with E-state index in [1.807, 2.05) is 23.6 Å². The highest BCUT2D eigenvalue weighted by molar-refractivity contribution is 7.17. The lowest BCUT2D eigenvalue weighted by Gasteiger charge is -2.14. The summed E-state index contributed by atoms with van der Waals surface area (Å²) in [7, 11) is 1.15. The lowest BCUT2D eigenvalue weighted by Crippen LogP contribution is -2.15. The highest BCUT2D eigenvalue weighted by atomic mass is 32.1. The van der Waals surface area contributed by atoms with Gasteiger partial charge >= 0.3 is 6.18 Å². The number of thiophene rings is 1. The highest BCUT2D eigenvalue weighted by Crippen LogP contribution is 2.39. The molecular weight excluding hydrogens is 489 g/mol. The van der Waals surface area contributed by atoms with Crippen molar-refractivity contribution in [3.05, 3.63) is 89.8 Å². The number of rotatable bonds is 5. The maximum atomic E-state index is 13.4. The number of benzene rings is 2. The number of carbonyl (C=O) groups is 1. The van der Waals surface area contributed by atoms with E-state index in [4.69, 9.17) is 4.74 Å². The van der Waals surface area contributed by atoms with Crippen LogP contribution in [0.5, 0.6) is 5.75 Å². The van der Waals surface area contributed by atoms with E-state index in [2.05, 4.69) is 20.3 Å². The summed E-state index contributed by atoms with van der Waals surface area (Å²) in [5.41, 5.74) is 2.57. The number of aromatic nitrogens is 3. The Kier molecular flexibility index (Phi) is 6.11.